The molecular formula is C25H22Cl2N4O2S. The molecule has 0 aliphatic carbocycles. The van der Waals surface area contributed by atoms with Crippen molar-refractivity contribution in [3.8, 4) is 11.4 Å². The molecular weight excluding hydrogens is 491 g/mol. The molecule has 0 unspecified atom stereocenters. The first kappa shape index (κ1) is 24.1. The van der Waals surface area contributed by atoms with Gasteiger partial charge < -0.3 is 10.1 Å². The molecule has 0 spiro atoms. The van der Waals surface area contributed by atoms with E-state index in [1.54, 1.807) is 24.3 Å². The highest BCUT2D eigenvalue weighted by atomic mass is 35.5. The van der Waals surface area contributed by atoms with Crippen molar-refractivity contribution in [3.05, 3.63) is 99.8 Å². The molecule has 0 fully saturated rings. The normalized spacial score (nSPS) is 10.8. The van der Waals surface area contributed by atoms with Gasteiger partial charge in [-0.05, 0) is 42.8 Å². The Hall–Kier alpha value is -3.00. The molecule has 9 heteroatoms. The molecule has 6 nitrogen and oxygen atoms in total. The van der Waals surface area contributed by atoms with Crippen LogP contribution < -0.4 is 10.1 Å². The van der Waals surface area contributed by atoms with Crippen molar-refractivity contribution in [3.63, 3.8) is 0 Å². The van der Waals surface area contributed by atoms with Gasteiger partial charge in [-0.25, -0.2) is 0 Å². The van der Waals surface area contributed by atoms with Crippen LogP contribution in [0.4, 0.5) is 0 Å². The lowest BCUT2D eigenvalue weighted by molar-refractivity contribution is -0.123. The van der Waals surface area contributed by atoms with Gasteiger partial charge in [0.05, 0.1) is 17.3 Å². The van der Waals surface area contributed by atoms with Crippen molar-refractivity contribution >= 4 is 40.9 Å². The smallest absolute Gasteiger partial charge is 0.258 e. The standard InChI is InChI=1S/C25H22Cl2N4O2S/c1-17-6-5-7-18(12-17)16-34-25-30-29-23(31(25)22-11-10-19(26)13-21(22)27)14-28-24(32)15-33-20-8-3-2-4-9-20/h2-13H,14-16H2,1H3,(H,28,32). The lowest BCUT2D eigenvalue weighted by Gasteiger charge is -2.13. The average Bonchev–Trinajstić information content (AvgIpc) is 3.23. The number of nitrogens with one attached hydrogen (secondary N) is 1. The number of carbonyl (C=O) groups excluding carboxylic acids is 1. The van der Waals surface area contributed by atoms with E-state index in [0.29, 0.717) is 38.2 Å². The fraction of sp³-hybridized carbons (Fsp3) is 0.160. The Morgan fingerprint density at radius 3 is 2.62 bits per heavy atom. The summed E-state index contributed by atoms with van der Waals surface area (Å²) in [5, 5.41) is 13.2. The minimum atomic E-state index is -0.269. The molecule has 34 heavy (non-hydrogen) atoms. The predicted octanol–water partition coefficient (Wildman–Crippen LogP) is 5.87. The lowest BCUT2D eigenvalue weighted by Crippen LogP contribution is -2.29. The first-order valence-electron chi connectivity index (χ1n) is 10.5. The summed E-state index contributed by atoms with van der Waals surface area (Å²) in [6.07, 6.45) is 0. The maximum Gasteiger partial charge on any atom is 0.258 e. The maximum absolute atomic E-state index is 12.4. The molecule has 0 atom stereocenters. The highest BCUT2D eigenvalue weighted by Gasteiger charge is 2.18. The predicted molar refractivity (Wildman–Crippen MR) is 136 cm³/mol. The van der Waals surface area contributed by atoms with E-state index in [0.717, 1.165) is 0 Å². The third kappa shape index (κ3) is 6.32. The Bertz CT molecular complexity index is 1280. The molecule has 3 aromatic carbocycles. The van der Waals surface area contributed by atoms with E-state index in [4.69, 9.17) is 27.9 Å². The van der Waals surface area contributed by atoms with Gasteiger partial charge in [0.1, 0.15) is 5.75 Å². The summed E-state index contributed by atoms with van der Waals surface area (Å²) in [6.45, 7) is 2.12. The number of aryl methyl sites for hydroxylation is 1. The van der Waals surface area contributed by atoms with Crippen molar-refractivity contribution in [2.75, 3.05) is 6.61 Å². The third-order valence-electron chi connectivity index (χ3n) is 4.86. The van der Waals surface area contributed by atoms with E-state index in [1.807, 2.05) is 34.9 Å². The fourth-order valence-electron chi connectivity index (χ4n) is 3.26. The second-order valence-electron chi connectivity index (χ2n) is 7.49. The molecule has 1 heterocycles. The summed E-state index contributed by atoms with van der Waals surface area (Å²) in [7, 11) is 0. The van der Waals surface area contributed by atoms with Crippen LogP contribution in [-0.4, -0.2) is 27.3 Å². The van der Waals surface area contributed by atoms with E-state index >= 15 is 0 Å². The number of ether oxygens (including phenoxy) is 1. The summed E-state index contributed by atoms with van der Waals surface area (Å²) in [5.41, 5.74) is 3.06. The van der Waals surface area contributed by atoms with Crippen LogP contribution in [0.5, 0.6) is 5.75 Å². The van der Waals surface area contributed by atoms with Crippen molar-refractivity contribution in [1.82, 2.24) is 20.1 Å². The summed E-state index contributed by atoms with van der Waals surface area (Å²) in [4.78, 5) is 12.4. The highest BCUT2D eigenvalue weighted by molar-refractivity contribution is 7.98. The zero-order chi connectivity index (χ0) is 23.9. The first-order valence-corrected chi connectivity index (χ1v) is 12.3. The number of hydrogen-bond donors (Lipinski definition) is 1. The molecule has 0 aliphatic heterocycles. The van der Waals surface area contributed by atoms with Crippen LogP contribution in [0.1, 0.15) is 17.0 Å². The van der Waals surface area contributed by atoms with E-state index in [1.165, 1.54) is 22.9 Å². The number of benzene rings is 3. The van der Waals surface area contributed by atoms with Crippen molar-refractivity contribution in [2.24, 2.45) is 0 Å². The largest absolute Gasteiger partial charge is 0.484 e. The number of aromatic nitrogens is 3. The van der Waals surface area contributed by atoms with Crippen LogP contribution in [-0.2, 0) is 17.1 Å². The van der Waals surface area contributed by atoms with Gasteiger partial charge >= 0.3 is 0 Å². The van der Waals surface area contributed by atoms with E-state index in [2.05, 4.69) is 40.6 Å². The molecule has 1 aromatic heterocycles. The topological polar surface area (TPSA) is 69.0 Å². The summed E-state index contributed by atoms with van der Waals surface area (Å²) in [5.74, 6) is 1.62. The van der Waals surface area contributed by atoms with Gasteiger partial charge in [0.15, 0.2) is 17.6 Å². The fourth-order valence-corrected chi connectivity index (χ4v) is 4.66. The van der Waals surface area contributed by atoms with Crippen molar-refractivity contribution < 1.29 is 9.53 Å². The molecule has 1 N–H and O–H groups in total. The number of hydrogen-bond acceptors (Lipinski definition) is 5. The molecule has 1 amide bonds. The van der Waals surface area contributed by atoms with Crippen LogP contribution in [0.25, 0.3) is 5.69 Å². The number of nitrogens with zero attached hydrogens (tertiary/aromatic N) is 3. The Morgan fingerprint density at radius 2 is 1.85 bits per heavy atom. The zero-order valence-corrected chi connectivity index (χ0v) is 20.7. The van der Waals surface area contributed by atoms with Gasteiger partial charge in [-0.3, -0.25) is 9.36 Å². The lowest BCUT2D eigenvalue weighted by atomic mass is 10.2. The minimum Gasteiger partial charge on any atom is -0.484 e. The van der Waals surface area contributed by atoms with Gasteiger partial charge in [-0.2, -0.15) is 0 Å². The van der Waals surface area contributed by atoms with Crippen LogP contribution in [0.2, 0.25) is 10.0 Å². The summed E-state index contributed by atoms with van der Waals surface area (Å²) in [6, 6.07) is 22.7. The SMILES string of the molecule is Cc1cccc(CSc2nnc(CNC(=O)COc3ccccc3)n2-c2ccc(Cl)cc2Cl)c1. The van der Waals surface area contributed by atoms with Crippen LogP contribution in [0.3, 0.4) is 0 Å². The Kier molecular flexibility index (Phi) is 8.11. The molecule has 0 saturated heterocycles. The van der Waals surface area contributed by atoms with Gasteiger partial charge in [0.2, 0.25) is 0 Å². The minimum absolute atomic E-state index is 0.102. The average molecular weight is 513 g/mol. The van der Waals surface area contributed by atoms with E-state index < -0.39 is 0 Å². The monoisotopic (exact) mass is 512 g/mol. The van der Waals surface area contributed by atoms with Crippen LogP contribution >= 0.6 is 35.0 Å². The molecule has 174 valence electrons. The van der Waals surface area contributed by atoms with E-state index in [9.17, 15) is 4.79 Å². The van der Waals surface area contributed by atoms with Gasteiger partial charge in [0, 0.05) is 10.8 Å². The summed E-state index contributed by atoms with van der Waals surface area (Å²) >= 11 is 14.1. The number of rotatable bonds is 9. The number of thioether (sulfide) groups is 1. The number of para-hydroxylation sites is 1. The second kappa shape index (κ2) is 11.4. The molecule has 4 aromatic rings. The van der Waals surface area contributed by atoms with Crippen LogP contribution in [0.15, 0.2) is 78.0 Å². The first-order chi connectivity index (χ1) is 16.5. The number of carbonyl (C=O) groups is 1. The van der Waals surface area contributed by atoms with Crippen molar-refractivity contribution in [2.45, 2.75) is 24.4 Å². The van der Waals surface area contributed by atoms with Gasteiger partial charge in [-0.1, -0.05) is 83.0 Å². The molecule has 0 saturated carbocycles. The van der Waals surface area contributed by atoms with Gasteiger partial charge in [0.25, 0.3) is 5.91 Å². The summed E-state index contributed by atoms with van der Waals surface area (Å²) < 4.78 is 7.36. The van der Waals surface area contributed by atoms with Crippen LogP contribution in [0, 0.1) is 6.92 Å². The van der Waals surface area contributed by atoms with Gasteiger partial charge in [-0.15, -0.1) is 10.2 Å². The quantitative estimate of drug-likeness (QED) is 0.284. The van der Waals surface area contributed by atoms with Crippen molar-refractivity contribution in [1.29, 1.82) is 0 Å². The molecule has 0 bridgehead atoms. The number of amides is 1. The third-order valence-corrected chi connectivity index (χ3v) is 6.40. The Labute approximate surface area is 212 Å². The maximum atomic E-state index is 12.4. The number of halogens is 2. The molecule has 0 radical (unpaired) electrons. The van der Waals surface area contributed by atoms with E-state index in [-0.39, 0.29) is 19.1 Å². The Morgan fingerprint density at radius 1 is 1.03 bits per heavy atom. The molecule has 0 aliphatic rings. The zero-order valence-electron chi connectivity index (χ0n) is 18.4. The highest BCUT2D eigenvalue weighted by Crippen LogP contribution is 2.30. The molecule has 4 rings (SSSR count). The Balaban J connectivity index is 1.51. The second-order valence-corrected chi connectivity index (χ2v) is 9.27.